The average molecular weight is 280 g/mol. The highest BCUT2D eigenvalue weighted by Gasteiger charge is 2.08. The molecule has 16 heavy (non-hydrogen) atoms. The number of nitrogens with zero attached hydrogens (tertiary/aromatic N) is 2. The molecular weight excluding hydrogens is 270 g/mol. The molecule has 0 aliphatic rings. The minimum atomic E-state index is 0.374. The molecule has 0 aliphatic carbocycles. The third kappa shape index (κ3) is 1.99. The van der Waals surface area contributed by atoms with Crippen LogP contribution in [-0.2, 0) is 0 Å². The summed E-state index contributed by atoms with van der Waals surface area (Å²) in [6.45, 7) is 0. The molecule has 2 N–H and O–H groups in total. The van der Waals surface area contributed by atoms with Crippen molar-refractivity contribution in [1.82, 2.24) is 9.97 Å². The molecule has 0 fully saturated rings. The number of nitrogen functional groups attached to an aromatic ring is 1. The van der Waals surface area contributed by atoms with Gasteiger partial charge in [-0.05, 0) is 28.1 Å². The van der Waals surface area contributed by atoms with Crippen molar-refractivity contribution >= 4 is 21.7 Å². The quantitative estimate of drug-likeness (QED) is 0.918. The third-order valence-corrected chi connectivity index (χ3v) is 2.72. The Morgan fingerprint density at radius 1 is 1.31 bits per heavy atom. The first kappa shape index (κ1) is 10.9. The number of aromatic nitrogens is 2. The van der Waals surface area contributed by atoms with E-state index in [1.807, 2.05) is 24.3 Å². The fourth-order valence-electron chi connectivity index (χ4n) is 1.36. The van der Waals surface area contributed by atoms with Crippen LogP contribution in [0.1, 0.15) is 0 Å². The van der Waals surface area contributed by atoms with Gasteiger partial charge in [0.1, 0.15) is 10.4 Å². The van der Waals surface area contributed by atoms with Crippen LogP contribution in [0, 0.1) is 0 Å². The summed E-state index contributed by atoms with van der Waals surface area (Å²) >= 11 is 3.25. The Labute approximate surface area is 102 Å². The molecule has 82 valence electrons. The molecule has 1 heterocycles. The van der Waals surface area contributed by atoms with Gasteiger partial charge < -0.3 is 10.5 Å². The van der Waals surface area contributed by atoms with E-state index < -0.39 is 0 Å². The predicted octanol–water partition coefficient (Wildman–Crippen LogP) is 2.50. The number of nitrogens with two attached hydrogens (primary N) is 1. The smallest absolute Gasteiger partial charge is 0.156 e. The Hall–Kier alpha value is -1.62. The van der Waals surface area contributed by atoms with Gasteiger partial charge in [0.25, 0.3) is 0 Å². The highest BCUT2D eigenvalue weighted by atomic mass is 79.9. The maximum absolute atomic E-state index is 5.59. The first-order valence-electron chi connectivity index (χ1n) is 4.64. The summed E-state index contributed by atoms with van der Waals surface area (Å²) in [5, 5.41) is 0. The van der Waals surface area contributed by atoms with Gasteiger partial charge in [-0.1, -0.05) is 12.1 Å². The topological polar surface area (TPSA) is 61.0 Å². The van der Waals surface area contributed by atoms with E-state index in [2.05, 4.69) is 25.9 Å². The summed E-state index contributed by atoms with van der Waals surface area (Å²) < 4.78 is 5.79. The number of hydrogen-bond acceptors (Lipinski definition) is 4. The van der Waals surface area contributed by atoms with Crippen LogP contribution < -0.4 is 10.5 Å². The van der Waals surface area contributed by atoms with Gasteiger partial charge in [-0.15, -0.1) is 0 Å². The molecule has 5 heteroatoms. The van der Waals surface area contributed by atoms with E-state index in [4.69, 9.17) is 10.5 Å². The molecule has 0 spiro atoms. The molecule has 1 aromatic carbocycles. The highest BCUT2D eigenvalue weighted by molar-refractivity contribution is 9.10. The van der Waals surface area contributed by atoms with Gasteiger partial charge in [-0.3, -0.25) is 0 Å². The zero-order valence-electron chi connectivity index (χ0n) is 8.64. The lowest BCUT2D eigenvalue weighted by molar-refractivity contribution is 0.416. The fraction of sp³-hybridized carbons (Fsp3) is 0.0909. The molecule has 0 aliphatic heterocycles. The van der Waals surface area contributed by atoms with Crippen molar-refractivity contribution in [2.45, 2.75) is 0 Å². The van der Waals surface area contributed by atoms with Crippen LogP contribution in [0.25, 0.3) is 11.3 Å². The van der Waals surface area contributed by atoms with Gasteiger partial charge >= 0.3 is 0 Å². The summed E-state index contributed by atoms with van der Waals surface area (Å²) in [7, 11) is 1.62. The summed E-state index contributed by atoms with van der Waals surface area (Å²) in [6, 6.07) is 7.62. The first-order valence-corrected chi connectivity index (χ1v) is 5.43. The van der Waals surface area contributed by atoms with Crippen LogP contribution in [0.2, 0.25) is 0 Å². The third-order valence-electron chi connectivity index (χ3n) is 2.14. The van der Waals surface area contributed by atoms with Crippen molar-refractivity contribution in [3.05, 3.63) is 35.1 Å². The van der Waals surface area contributed by atoms with E-state index in [1.54, 1.807) is 13.3 Å². The molecule has 0 saturated heterocycles. The van der Waals surface area contributed by atoms with E-state index in [9.17, 15) is 0 Å². The highest BCUT2D eigenvalue weighted by Crippen LogP contribution is 2.29. The van der Waals surface area contributed by atoms with E-state index >= 15 is 0 Å². The molecule has 1 aromatic heterocycles. The normalized spacial score (nSPS) is 10.1. The second kappa shape index (κ2) is 4.49. The molecule has 0 atom stereocenters. The van der Waals surface area contributed by atoms with Crippen molar-refractivity contribution in [3.63, 3.8) is 0 Å². The second-order valence-corrected chi connectivity index (χ2v) is 3.88. The van der Waals surface area contributed by atoms with E-state index in [-0.39, 0.29) is 0 Å². The maximum Gasteiger partial charge on any atom is 0.156 e. The lowest BCUT2D eigenvalue weighted by atomic mass is 10.1. The summed E-state index contributed by atoms with van der Waals surface area (Å²) in [5.74, 6) is 1.13. The van der Waals surface area contributed by atoms with Crippen molar-refractivity contribution in [3.8, 4) is 17.0 Å². The zero-order chi connectivity index (χ0) is 11.5. The van der Waals surface area contributed by atoms with Crippen LogP contribution in [0.3, 0.4) is 0 Å². The molecule has 0 amide bonds. The number of ether oxygens (including phenoxy) is 1. The van der Waals surface area contributed by atoms with Crippen LogP contribution in [-0.4, -0.2) is 17.1 Å². The molecule has 0 radical (unpaired) electrons. The largest absolute Gasteiger partial charge is 0.496 e. The Kier molecular flexibility index (Phi) is 3.05. The maximum atomic E-state index is 5.59. The minimum absolute atomic E-state index is 0.374. The number of anilines is 1. The molecule has 0 unspecified atom stereocenters. The van der Waals surface area contributed by atoms with E-state index in [1.165, 1.54) is 0 Å². The molecule has 0 bridgehead atoms. The molecular formula is C11H10BrN3O. The van der Waals surface area contributed by atoms with Crippen LogP contribution in [0.5, 0.6) is 5.75 Å². The predicted molar refractivity (Wildman–Crippen MR) is 66.1 cm³/mol. The molecule has 2 rings (SSSR count). The number of benzene rings is 1. The average Bonchev–Trinajstić information content (AvgIpc) is 2.32. The standard InChI is InChI=1S/C11H10BrN3O/c1-16-9-5-3-2-4-7(9)8-6-14-11(13)10(12)15-8/h2-6H,1H3,(H2,13,14). The molecule has 0 saturated carbocycles. The van der Waals surface area contributed by atoms with Gasteiger partial charge in [-0.2, -0.15) is 0 Å². The first-order chi connectivity index (χ1) is 7.72. The van der Waals surface area contributed by atoms with Gasteiger partial charge in [0.15, 0.2) is 5.82 Å². The Morgan fingerprint density at radius 3 is 2.75 bits per heavy atom. The number of halogens is 1. The Morgan fingerprint density at radius 2 is 2.06 bits per heavy atom. The SMILES string of the molecule is COc1ccccc1-c1cnc(N)c(Br)n1. The molecule has 4 nitrogen and oxygen atoms in total. The lowest BCUT2D eigenvalue weighted by Gasteiger charge is -2.07. The monoisotopic (exact) mass is 279 g/mol. The van der Waals surface area contributed by atoms with Crippen molar-refractivity contribution in [2.75, 3.05) is 12.8 Å². The summed E-state index contributed by atoms with van der Waals surface area (Å²) in [6.07, 6.45) is 1.62. The number of rotatable bonds is 2. The van der Waals surface area contributed by atoms with E-state index in [0.717, 1.165) is 17.0 Å². The lowest BCUT2D eigenvalue weighted by Crippen LogP contribution is -1.96. The summed E-state index contributed by atoms with van der Waals surface area (Å²) in [4.78, 5) is 8.34. The second-order valence-electron chi connectivity index (χ2n) is 3.13. The van der Waals surface area contributed by atoms with Crippen molar-refractivity contribution in [1.29, 1.82) is 0 Å². The Bertz CT molecular complexity index is 516. The fourth-order valence-corrected chi connectivity index (χ4v) is 1.66. The number of methoxy groups -OCH3 is 1. The van der Waals surface area contributed by atoms with Gasteiger partial charge in [0.05, 0.1) is 19.0 Å². The van der Waals surface area contributed by atoms with Crippen molar-refractivity contribution < 1.29 is 4.74 Å². The summed E-state index contributed by atoms with van der Waals surface area (Å²) in [5.41, 5.74) is 7.19. The number of para-hydroxylation sites is 1. The number of hydrogen-bond donors (Lipinski definition) is 1. The van der Waals surface area contributed by atoms with Crippen LogP contribution in [0.15, 0.2) is 35.1 Å². The molecule has 2 aromatic rings. The minimum Gasteiger partial charge on any atom is -0.496 e. The van der Waals surface area contributed by atoms with Gasteiger partial charge in [0.2, 0.25) is 0 Å². The van der Waals surface area contributed by atoms with Gasteiger partial charge in [0, 0.05) is 5.56 Å². The van der Waals surface area contributed by atoms with Crippen LogP contribution in [0.4, 0.5) is 5.82 Å². The zero-order valence-corrected chi connectivity index (χ0v) is 10.2. The van der Waals surface area contributed by atoms with Crippen LogP contribution >= 0.6 is 15.9 Å². The van der Waals surface area contributed by atoms with E-state index in [0.29, 0.717) is 10.4 Å². The van der Waals surface area contributed by atoms with Gasteiger partial charge in [-0.25, -0.2) is 9.97 Å². The Balaban J connectivity index is 2.54. The van der Waals surface area contributed by atoms with Crippen molar-refractivity contribution in [2.24, 2.45) is 0 Å².